The van der Waals surface area contributed by atoms with E-state index >= 15 is 0 Å². The number of nitrogens with one attached hydrogen (secondary N) is 4. The largest absolute Gasteiger partial charge is 0.492 e. The van der Waals surface area contributed by atoms with Crippen molar-refractivity contribution in [1.29, 1.82) is 0 Å². The number of hydrogen-bond donors (Lipinski definition) is 23. The fraction of sp³-hybridized carbons (Fsp3) is 0.545. The molecule has 5 saturated heterocycles. The van der Waals surface area contributed by atoms with Gasteiger partial charge in [0.2, 0.25) is 23.6 Å². The summed E-state index contributed by atoms with van der Waals surface area (Å²) in [5.41, 5.74) is 11.7. The van der Waals surface area contributed by atoms with Gasteiger partial charge < -0.3 is 122 Å². The van der Waals surface area contributed by atoms with Crippen molar-refractivity contribution in [1.82, 2.24) is 38.2 Å². The van der Waals surface area contributed by atoms with Gasteiger partial charge in [-0.15, -0.1) is 0 Å². The molecule has 0 aliphatic carbocycles. The van der Waals surface area contributed by atoms with Gasteiger partial charge in [-0.05, 0) is 22.5 Å². The third-order valence-electron chi connectivity index (χ3n) is 14.5. The maximum atomic E-state index is 12.3. The van der Waals surface area contributed by atoms with Crippen LogP contribution in [0.25, 0.3) is 0 Å². The third-order valence-corrected chi connectivity index (χ3v) is 24.7. The monoisotopic (exact) mass is 1780 g/mol. The molecule has 5 aliphatic rings. The molecule has 0 aromatic carbocycles. The summed E-state index contributed by atoms with van der Waals surface area (Å²) in [4.78, 5) is 200. The molecule has 5 fully saturated rings. The molecule has 8 unspecified atom stereocenters. The molecule has 4 amide bonds. The summed E-state index contributed by atoms with van der Waals surface area (Å²) in [6.45, 7) is -3.20. The van der Waals surface area contributed by atoms with Crippen LogP contribution in [0.4, 0.5) is 0 Å². The first-order chi connectivity index (χ1) is 50.9. The first kappa shape index (κ1) is 93.6. The predicted molar refractivity (Wildman–Crippen MR) is 349 cm³/mol. The maximum Gasteiger partial charge on any atom is 0.492 e. The van der Waals surface area contributed by atoms with Crippen molar-refractivity contribution in [2.75, 3.05) is 26.4 Å². The number of aromatic amines is 4. The molecule has 58 nitrogen and oxygen atoms in total. The van der Waals surface area contributed by atoms with Crippen LogP contribution < -0.4 is 67.9 Å². The molecule has 0 saturated carbocycles. The summed E-state index contributed by atoms with van der Waals surface area (Å²) in [6.07, 6.45) is -27.2. The highest BCUT2D eigenvalue weighted by molar-refractivity contribution is 8.05. The summed E-state index contributed by atoms with van der Waals surface area (Å²) in [6, 6.07) is 0. The van der Waals surface area contributed by atoms with Crippen LogP contribution in [-0.2, 0) is 131 Å². The minimum atomic E-state index is -5.78. The highest BCUT2D eigenvalue weighted by Gasteiger charge is 2.56. The van der Waals surface area contributed by atoms with E-state index in [1.807, 2.05) is 19.9 Å². The van der Waals surface area contributed by atoms with Crippen molar-refractivity contribution in [2.24, 2.45) is 22.9 Å². The molecule has 4 aromatic rings. The number of aliphatic hydroxyl groups is 9. The SMILES string of the molecule is NC(=O)Cc1cn([C@@H]2O[C@H](CO)C(O)[C@@H]2O)c(=O)[nH]c1=O.NC(=O)Cc1cn([C@@H]2O[C@H](COP(=O)(Cl)Cl)C(O)[C@@H]2O)c(=O)[nH]c1=O.NC(=O)Cc1cn([C@@H]2O[C@H](COP(=O)(O)OP(=O)(O)OP(=O)(O)O)C(O)[C@@H]2O)c(=O)[nH]c1=O.NC(=O)Cc1cn([C@@H]2O[C@H](COP3(=O)OP(=O)(O)OP(=O)(O)O3)C(O)[C@@H]2O)c(=O)[nH]c1=O. The molecular formula is C44H63Cl2N12O46P7. The molecule has 4 aromatic heterocycles. The van der Waals surface area contributed by atoms with E-state index in [0.717, 1.165) is 33.9 Å². The van der Waals surface area contributed by atoms with Gasteiger partial charge in [0.1, 0.15) is 73.2 Å². The minimum absolute atomic E-state index is 0.0835. The van der Waals surface area contributed by atoms with Crippen LogP contribution in [0.5, 0.6) is 0 Å². The van der Waals surface area contributed by atoms with Crippen LogP contribution in [-0.4, -0.2) is 237 Å². The Hall–Kier alpha value is -6.29. The van der Waals surface area contributed by atoms with E-state index in [2.05, 4.69) is 35.1 Å². The van der Waals surface area contributed by atoms with E-state index in [0.29, 0.717) is 9.13 Å². The lowest BCUT2D eigenvalue weighted by molar-refractivity contribution is -0.118. The summed E-state index contributed by atoms with van der Waals surface area (Å²) in [7, 11) is -32.7. The second-order valence-electron chi connectivity index (χ2n) is 22.7. The van der Waals surface area contributed by atoms with Gasteiger partial charge in [0.15, 0.2) is 24.9 Å². The van der Waals surface area contributed by atoms with Gasteiger partial charge in [0.25, 0.3) is 22.2 Å². The van der Waals surface area contributed by atoms with Crippen LogP contribution in [0, 0.1) is 0 Å². The minimum Gasteiger partial charge on any atom is -0.394 e. The van der Waals surface area contributed by atoms with Crippen LogP contribution in [0.15, 0.2) is 63.1 Å². The number of hydrogen-bond acceptors (Lipinski definition) is 40. The number of aliphatic hydroxyl groups excluding tert-OH is 9. The molecule has 0 radical (unpaired) electrons. The number of carbonyl (C=O) groups is 4. The van der Waals surface area contributed by atoms with Crippen molar-refractivity contribution in [3.8, 4) is 0 Å². The molecule has 20 atom stereocenters. The molecule has 0 spiro atoms. The standard InChI is InChI=1S/C11H14Cl2N3O8P.C11H18N3O16P3.C11H16N3O15P3.C11H15N3O7/c12-25(13,22)23-3-5-7(18)8(19)10(24-5)16-2-4(1-6(14)17)9(20)15-11(16)21;12-6(15)1-4-2-14(11(19)13-9(4)18)10-8(17)7(16)5(28-10)3-27-32(23,24)30-33(25,26)29-31(20,21)22;12-6(15)1-4-2-14(11(19)13-9(4)18)10-8(17)7(16)5(26-10)3-25-32(24)28-30(20,21)27-31(22,23)29-32;12-6(16)1-4-2-14(11(20)13-9(4)19)10-8(18)7(17)5(3-15)21-10/h2,5,7-8,10,18-19H,1,3H2,(H2,14,17)(H,15,20,21);2,5,7-8,10,16-17H,1,3H2,(H2,12,15)(H,23,24)(H,25,26)(H,13,18,19)(H2,20,21,22);2,5,7-8,10,16-17H,1,3H2,(H2,12,15)(H,20,21)(H,22,23)(H,13,18,19);2,5,7-8,10,15,17-18H,1,3H2,(H2,12,16)(H,13,19,20)/t4*5-,7?,8+,10-/m1111/s1. The van der Waals surface area contributed by atoms with Crippen molar-refractivity contribution in [2.45, 2.75) is 124 Å². The van der Waals surface area contributed by atoms with Crippen LogP contribution in [0.1, 0.15) is 47.2 Å². The lowest BCUT2D eigenvalue weighted by atomic mass is 10.1. The van der Waals surface area contributed by atoms with E-state index < -0.39 is 272 Å². The van der Waals surface area contributed by atoms with Gasteiger partial charge in [0, 0.05) is 47.0 Å². The fourth-order valence-corrected chi connectivity index (χ4v) is 18.4. The molecular weight excluding hydrogens is 1720 g/mol. The Labute approximate surface area is 619 Å². The second kappa shape index (κ2) is 37.1. The van der Waals surface area contributed by atoms with Crippen molar-refractivity contribution in [3.05, 3.63) is 130 Å². The van der Waals surface area contributed by atoms with Gasteiger partial charge in [-0.1, -0.05) is 0 Å². The average molecular weight is 1780 g/mol. The molecule has 27 N–H and O–H groups in total. The lowest BCUT2D eigenvalue weighted by Gasteiger charge is -2.27. The Kier molecular flexibility index (Phi) is 31.3. The molecule has 0 bridgehead atoms. The number of ether oxygens (including phenoxy) is 4. The van der Waals surface area contributed by atoms with Crippen molar-refractivity contribution in [3.63, 3.8) is 0 Å². The van der Waals surface area contributed by atoms with E-state index in [1.165, 1.54) is 0 Å². The fourth-order valence-electron chi connectivity index (χ4n) is 9.79. The number of nitrogens with zero attached hydrogens (tertiary/aromatic N) is 4. The maximum absolute atomic E-state index is 12.3. The van der Waals surface area contributed by atoms with Crippen molar-refractivity contribution < 1.29 is 181 Å². The van der Waals surface area contributed by atoms with E-state index in [-0.39, 0.29) is 22.3 Å². The smallest absolute Gasteiger partial charge is 0.394 e. The molecule has 5 aliphatic heterocycles. The number of phosphoric acid groups is 6. The molecule has 67 heteroatoms. The van der Waals surface area contributed by atoms with Crippen LogP contribution in [0.3, 0.4) is 0 Å². The number of aromatic nitrogens is 8. The highest BCUT2D eigenvalue weighted by atomic mass is 35.9. The van der Waals surface area contributed by atoms with Crippen molar-refractivity contribution >= 4 is 99.1 Å². The summed E-state index contributed by atoms with van der Waals surface area (Å²) in [5, 5.41) is 89.1. The third kappa shape index (κ3) is 25.9. The number of carbonyl (C=O) groups excluding carboxylic acids is 4. The number of H-pyrrole nitrogens is 4. The number of amides is 4. The zero-order valence-corrected chi connectivity index (χ0v) is 62.3. The van der Waals surface area contributed by atoms with Crippen LogP contribution >= 0.6 is 75.5 Å². The molecule has 111 heavy (non-hydrogen) atoms. The Morgan fingerprint density at radius 2 is 0.703 bits per heavy atom. The number of rotatable bonds is 26. The van der Waals surface area contributed by atoms with Crippen LogP contribution in [0.2, 0.25) is 0 Å². The first-order valence-electron chi connectivity index (χ1n) is 29.5. The van der Waals surface area contributed by atoms with E-state index in [1.54, 1.807) is 0 Å². The highest BCUT2D eigenvalue weighted by Crippen LogP contribution is 2.80. The molecule has 9 rings (SSSR count). The Morgan fingerprint density at radius 1 is 0.432 bits per heavy atom. The molecule has 9 heterocycles. The number of nitrogens with two attached hydrogens (primary N) is 4. The molecule has 624 valence electrons. The summed E-state index contributed by atoms with van der Waals surface area (Å²) < 4.78 is 136. The topological polar surface area (TPSA) is 926 Å². The Morgan fingerprint density at radius 3 is 0.964 bits per heavy atom. The Bertz CT molecular complexity index is 4990. The predicted octanol–water partition coefficient (Wildman–Crippen LogP) is -10.9. The number of halogens is 2. The zero-order chi connectivity index (χ0) is 84.1. The number of primary amides is 4. The van der Waals surface area contributed by atoms with Gasteiger partial charge in [-0.25, -0.2) is 46.6 Å². The van der Waals surface area contributed by atoms with E-state index in [4.69, 9.17) is 84.2 Å². The number of phosphoric ester groups is 1. The zero-order valence-electron chi connectivity index (χ0n) is 54.6. The summed E-state index contributed by atoms with van der Waals surface area (Å²) >= 11 is 10.4. The lowest BCUT2D eigenvalue weighted by Crippen LogP contribution is -2.39. The van der Waals surface area contributed by atoms with Gasteiger partial charge in [0.05, 0.1) is 52.1 Å². The second-order valence-corrected chi connectivity index (χ2v) is 36.4. The average Bonchev–Trinajstić information content (AvgIpc) is 0.933. The van der Waals surface area contributed by atoms with Gasteiger partial charge >= 0.3 is 75.8 Å². The van der Waals surface area contributed by atoms with E-state index in [9.17, 15) is 145 Å². The van der Waals surface area contributed by atoms with Gasteiger partial charge in [-0.3, -0.25) is 90.2 Å². The van der Waals surface area contributed by atoms with Gasteiger partial charge in [-0.2, -0.15) is 21.6 Å². The normalized spacial score (nSPS) is 31.0. The first-order valence-corrected chi connectivity index (χ1v) is 41.9. The summed E-state index contributed by atoms with van der Waals surface area (Å²) in [5.74, 6) is -3.40. The quantitative estimate of drug-likeness (QED) is 0.0260. The Balaban J connectivity index is 0.000000234.